The summed E-state index contributed by atoms with van der Waals surface area (Å²) in [5, 5.41) is 0. The molecular weight excluding hydrogens is 257 g/mol. The van der Waals surface area contributed by atoms with Crippen molar-refractivity contribution >= 4 is 13.5 Å². The van der Waals surface area contributed by atoms with Gasteiger partial charge >= 0.3 is 7.60 Å². The highest BCUT2D eigenvalue weighted by Crippen LogP contribution is 2.49. The van der Waals surface area contributed by atoms with Crippen molar-refractivity contribution in [3.05, 3.63) is 0 Å². The Hall–Kier alpha value is -0.420. The lowest BCUT2D eigenvalue weighted by atomic mass is 10.2. The van der Waals surface area contributed by atoms with Gasteiger partial charge in [0.25, 0.3) is 0 Å². The first kappa shape index (κ1) is 15.6. The van der Waals surface area contributed by atoms with Crippen molar-refractivity contribution in [2.45, 2.75) is 45.0 Å². The van der Waals surface area contributed by atoms with Gasteiger partial charge in [-0.15, -0.1) is 0 Å². The maximum Gasteiger partial charge on any atom is 0.330 e. The number of amides is 1. The molecule has 1 aliphatic rings. The van der Waals surface area contributed by atoms with E-state index in [0.29, 0.717) is 19.6 Å². The molecule has 0 radical (unpaired) electrons. The second-order valence-electron chi connectivity index (χ2n) is 4.90. The Morgan fingerprint density at radius 2 is 2.17 bits per heavy atom. The van der Waals surface area contributed by atoms with Crippen LogP contribution in [0.3, 0.4) is 0 Å². The van der Waals surface area contributed by atoms with Crippen LogP contribution in [0.5, 0.6) is 0 Å². The van der Waals surface area contributed by atoms with Crippen LogP contribution in [0.4, 0.5) is 0 Å². The fourth-order valence-electron chi connectivity index (χ4n) is 2.02. The molecule has 0 aromatic heterocycles. The Labute approximate surface area is 108 Å². The largest absolute Gasteiger partial charge is 0.383 e. The van der Waals surface area contributed by atoms with Crippen molar-refractivity contribution in [3.8, 4) is 0 Å². The second kappa shape index (κ2) is 6.15. The van der Waals surface area contributed by atoms with E-state index in [0.717, 1.165) is 0 Å². The average Bonchev–Trinajstić information content (AvgIpc) is 2.60. The minimum Gasteiger partial charge on any atom is -0.383 e. The zero-order chi connectivity index (χ0) is 13.9. The molecule has 1 saturated heterocycles. The van der Waals surface area contributed by atoms with Crippen molar-refractivity contribution in [3.63, 3.8) is 0 Å². The lowest BCUT2D eigenvalue weighted by Crippen LogP contribution is -2.36. The number of hydrogen-bond donors (Lipinski definition) is 1. The molecular formula is C11H22NO5P. The molecule has 1 amide bonds. The first-order chi connectivity index (χ1) is 8.27. The van der Waals surface area contributed by atoms with Gasteiger partial charge in [0, 0.05) is 20.6 Å². The van der Waals surface area contributed by atoms with Gasteiger partial charge in [-0.05, 0) is 6.42 Å². The van der Waals surface area contributed by atoms with Crippen molar-refractivity contribution < 1.29 is 23.5 Å². The molecule has 1 N–H and O–H groups in total. The molecule has 1 fully saturated rings. The van der Waals surface area contributed by atoms with Crippen molar-refractivity contribution in [2.75, 3.05) is 20.3 Å². The van der Waals surface area contributed by atoms with Crippen LogP contribution in [0, 0.1) is 0 Å². The Bertz CT molecular complexity index is 346. The second-order valence-corrected chi connectivity index (χ2v) is 7.27. The topological polar surface area (TPSA) is 76.1 Å². The monoisotopic (exact) mass is 279 g/mol. The van der Waals surface area contributed by atoms with Gasteiger partial charge in [0.05, 0.1) is 24.4 Å². The fourth-order valence-corrected chi connectivity index (χ4v) is 2.84. The highest BCUT2D eigenvalue weighted by atomic mass is 31.2. The van der Waals surface area contributed by atoms with E-state index in [-0.39, 0.29) is 11.9 Å². The molecule has 0 bridgehead atoms. The van der Waals surface area contributed by atoms with Gasteiger partial charge in [-0.2, -0.15) is 0 Å². The molecule has 0 aromatic carbocycles. The number of rotatable bonds is 5. The Morgan fingerprint density at radius 3 is 2.61 bits per heavy atom. The molecule has 0 aromatic rings. The van der Waals surface area contributed by atoms with Gasteiger partial charge in [-0.25, -0.2) is 0 Å². The number of ether oxygens (including phenoxy) is 1. The van der Waals surface area contributed by atoms with Crippen LogP contribution in [0.15, 0.2) is 0 Å². The lowest BCUT2D eigenvalue weighted by Gasteiger charge is -2.22. The summed E-state index contributed by atoms with van der Waals surface area (Å²) in [6.45, 7) is 5.53. The Balaban J connectivity index is 2.66. The van der Waals surface area contributed by atoms with Gasteiger partial charge in [0.15, 0.2) is 0 Å². The summed E-state index contributed by atoms with van der Waals surface area (Å²) in [6.07, 6.45) is 0.136. The standard InChI is InChI=1S/C11H22NO5P/c1-8(2)18(14,15)17-11-5-10(7-16-4)12(6-11)9(3)13/h8,10-11H,5-7H2,1-4H3,(H,14,15)/t10-,11+/m0/s1. The van der Waals surface area contributed by atoms with E-state index in [1.54, 1.807) is 25.9 Å². The fraction of sp³-hybridized carbons (Fsp3) is 0.909. The maximum absolute atomic E-state index is 11.8. The molecule has 0 saturated carbocycles. The number of carbonyl (C=O) groups is 1. The van der Waals surface area contributed by atoms with Crippen molar-refractivity contribution in [1.29, 1.82) is 0 Å². The summed E-state index contributed by atoms with van der Waals surface area (Å²) in [5.74, 6) is -0.0690. The van der Waals surface area contributed by atoms with Gasteiger partial charge in [0.1, 0.15) is 0 Å². The van der Waals surface area contributed by atoms with E-state index in [4.69, 9.17) is 9.26 Å². The zero-order valence-corrected chi connectivity index (χ0v) is 12.2. The molecule has 0 aliphatic carbocycles. The SMILES string of the molecule is COC[C@@H]1C[C@@H](OP(=O)(O)C(C)C)CN1C(C)=O. The third kappa shape index (κ3) is 3.79. The predicted molar refractivity (Wildman–Crippen MR) is 67.5 cm³/mol. The van der Waals surface area contributed by atoms with Crippen LogP contribution < -0.4 is 0 Å². The highest BCUT2D eigenvalue weighted by Gasteiger charge is 2.38. The van der Waals surface area contributed by atoms with Crippen LogP contribution in [-0.2, 0) is 18.6 Å². The van der Waals surface area contributed by atoms with E-state index in [1.807, 2.05) is 0 Å². The van der Waals surface area contributed by atoms with Gasteiger partial charge in [-0.3, -0.25) is 9.36 Å². The number of hydrogen-bond acceptors (Lipinski definition) is 4. The van der Waals surface area contributed by atoms with E-state index in [1.165, 1.54) is 6.92 Å². The van der Waals surface area contributed by atoms with Crippen LogP contribution in [0.2, 0.25) is 0 Å². The summed E-state index contributed by atoms with van der Waals surface area (Å²) in [6, 6.07) is -0.0790. The number of methoxy groups -OCH3 is 1. The third-order valence-electron chi connectivity index (χ3n) is 3.09. The number of carbonyl (C=O) groups excluding carboxylic acids is 1. The molecule has 1 heterocycles. The minimum absolute atomic E-state index is 0.0690. The first-order valence-corrected chi connectivity index (χ1v) is 7.69. The molecule has 3 atom stereocenters. The third-order valence-corrected chi connectivity index (χ3v) is 5.00. The highest BCUT2D eigenvalue weighted by molar-refractivity contribution is 7.53. The van der Waals surface area contributed by atoms with Gasteiger partial charge < -0.3 is 19.1 Å². The Morgan fingerprint density at radius 1 is 1.56 bits per heavy atom. The summed E-state index contributed by atoms with van der Waals surface area (Å²) in [7, 11) is -2.03. The molecule has 0 spiro atoms. The minimum atomic E-state index is -3.59. The van der Waals surface area contributed by atoms with E-state index in [2.05, 4.69) is 0 Å². The maximum atomic E-state index is 11.8. The Kier molecular flexibility index (Phi) is 5.34. The molecule has 1 unspecified atom stereocenters. The van der Waals surface area contributed by atoms with Crippen LogP contribution in [0.1, 0.15) is 27.2 Å². The summed E-state index contributed by atoms with van der Waals surface area (Å²) < 4.78 is 22.1. The normalized spacial score (nSPS) is 27.6. The quantitative estimate of drug-likeness (QED) is 0.766. The summed E-state index contributed by atoms with van der Waals surface area (Å²) in [4.78, 5) is 22.8. The van der Waals surface area contributed by atoms with Crippen LogP contribution in [0.25, 0.3) is 0 Å². The number of nitrogens with zero attached hydrogens (tertiary/aromatic N) is 1. The van der Waals surface area contributed by atoms with Gasteiger partial charge in [0.2, 0.25) is 5.91 Å². The molecule has 7 heteroatoms. The molecule has 6 nitrogen and oxygen atoms in total. The predicted octanol–water partition coefficient (Wildman–Crippen LogP) is 1.23. The summed E-state index contributed by atoms with van der Waals surface area (Å²) in [5.41, 5.74) is -0.440. The molecule has 18 heavy (non-hydrogen) atoms. The molecule has 1 rings (SSSR count). The zero-order valence-electron chi connectivity index (χ0n) is 11.3. The van der Waals surface area contributed by atoms with E-state index >= 15 is 0 Å². The van der Waals surface area contributed by atoms with E-state index < -0.39 is 19.4 Å². The summed E-state index contributed by atoms with van der Waals surface area (Å²) >= 11 is 0. The van der Waals surface area contributed by atoms with Crippen molar-refractivity contribution in [2.24, 2.45) is 0 Å². The van der Waals surface area contributed by atoms with Crippen LogP contribution >= 0.6 is 7.60 Å². The van der Waals surface area contributed by atoms with Gasteiger partial charge in [-0.1, -0.05) is 13.8 Å². The average molecular weight is 279 g/mol. The first-order valence-electron chi connectivity index (χ1n) is 6.05. The lowest BCUT2D eigenvalue weighted by molar-refractivity contribution is -0.130. The number of likely N-dealkylation sites (tertiary alicyclic amines) is 1. The molecule has 106 valence electrons. The van der Waals surface area contributed by atoms with E-state index in [9.17, 15) is 14.3 Å². The molecule has 1 aliphatic heterocycles. The van der Waals surface area contributed by atoms with Crippen molar-refractivity contribution in [1.82, 2.24) is 4.90 Å². The smallest absolute Gasteiger partial charge is 0.330 e. The van der Waals surface area contributed by atoms with Crippen LogP contribution in [-0.4, -0.2) is 53.8 Å².